The fraction of sp³-hybridized carbons (Fsp3) is 0.643. The summed E-state index contributed by atoms with van der Waals surface area (Å²) in [5.41, 5.74) is 0. The molecule has 2 atom stereocenters. The molecule has 0 N–H and O–H groups in total. The van der Waals surface area contributed by atoms with Crippen molar-refractivity contribution in [1.82, 2.24) is 19.6 Å². The molecule has 6 heteroatoms. The van der Waals surface area contributed by atoms with Gasteiger partial charge in [0.05, 0.1) is 0 Å². The second kappa shape index (κ2) is 5.26. The maximum Gasteiger partial charge on any atom is 0.225 e. The van der Waals surface area contributed by atoms with Gasteiger partial charge >= 0.3 is 0 Å². The highest BCUT2D eigenvalue weighted by Crippen LogP contribution is 2.30. The van der Waals surface area contributed by atoms with E-state index in [0.717, 1.165) is 12.8 Å². The van der Waals surface area contributed by atoms with Gasteiger partial charge in [-0.05, 0) is 18.9 Å². The molecule has 2 saturated heterocycles. The summed E-state index contributed by atoms with van der Waals surface area (Å²) < 4.78 is 1.77. The Balaban J connectivity index is 1.66. The number of carbonyl (C=O) groups is 2. The van der Waals surface area contributed by atoms with Crippen LogP contribution in [0.5, 0.6) is 0 Å². The summed E-state index contributed by atoms with van der Waals surface area (Å²) in [7, 11) is 1.83. The topological polar surface area (TPSA) is 58.4 Å². The van der Waals surface area contributed by atoms with Gasteiger partial charge in [-0.15, -0.1) is 0 Å². The molecule has 0 unspecified atom stereocenters. The predicted octanol–water partition coefficient (Wildman–Crippen LogP) is 0.495. The minimum Gasteiger partial charge on any atom is -0.344 e. The summed E-state index contributed by atoms with van der Waals surface area (Å²) in [4.78, 5) is 28.1. The Morgan fingerprint density at radius 2 is 2.20 bits per heavy atom. The van der Waals surface area contributed by atoms with E-state index in [4.69, 9.17) is 0 Å². The third-order valence-corrected chi connectivity index (χ3v) is 4.34. The Bertz CT molecular complexity index is 499. The molecule has 20 heavy (non-hydrogen) atoms. The molecule has 108 valence electrons. The zero-order chi connectivity index (χ0) is 14.1. The van der Waals surface area contributed by atoms with Crippen LogP contribution in [0.2, 0.25) is 0 Å². The second-order valence-electron chi connectivity index (χ2n) is 5.68. The Labute approximate surface area is 118 Å². The average molecular weight is 276 g/mol. The van der Waals surface area contributed by atoms with Crippen LogP contribution in [0.3, 0.4) is 0 Å². The Morgan fingerprint density at radius 3 is 2.95 bits per heavy atom. The maximum atomic E-state index is 12.5. The molecular weight excluding hydrogens is 256 g/mol. The number of likely N-dealkylation sites (N-methyl/N-ethyl adjacent to an activating group) is 1. The molecule has 3 rings (SSSR count). The van der Waals surface area contributed by atoms with Gasteiger partial charge in [-0.2, -0.15) is 5.10 Å². The third-order valence-electron chi connectivity index (χ3n) is 4.34. The lowest BCUT2D eigenvalue weighted by Gasteiger charge is -2.28. The van der Waals surface area contributed by atoms with Gasteiger partial charge in [0, 0.05) is 57.5 Å². The van der Waals surface area contributed by atoms with E-state index in [1.54, 1.807) is 15.8 Å². The number of rotatable bonds is 3. The first kappa shape index (κ1) is 13.1. The molecule has 2 aliphatic rings. The van der Waals surface area contributed by atoms with Crippen molar-refractivity contribution in [2.24, 2.45) is 0 Å². The van der Waals surface area contributed by atoms with Gasteiger partial charge in [-0.1, -0.05) is 0 Å². The van der Waals surface area contributed by atoms with Crippen molar-refractivity contribution in [3.05, 3.63) is 18.5 Å². The molecule has 1 aromatic rings. The molecule has 3 heterocycles. The van der Waals surface area contributed by atoms with Crippen LogP contribution in [0, 0.1) is 0 Å². The first-order chi connectivity index (χ1) is 9.65. The summed E-state index contributed by atoms with van der Waals surface area (Å²) in [5.74, 6) is 0.304. The molecule has 2 fully saturated rings. The lowest BCUT2D eigenvalue weighted by atomic mass is 10.1. The van der Waals surface area contributed by atoms with E-state index in [9.17, 15) is 9.59 Å². The van der Waals surface area contributed by atoms with E-state index < -0.39 is 0 Å². The number of aromatic nitrogens is 2. The molecule has 2 bridgehead atoms. The maximum absolute atomic E-state index is 12.5. The molecule has 0 aliphatic carbocycles. The number of nitrogens with zero attached hydrogens (tertiary/aromatic N) is 4. The van der Waals surface area contributed by atoms with Crippen molar-refractivity contribution < 1.29 is 9.59 Å². The van der Waals surface area contributed by atoms with Crippen LogP contribution in [-0.2, 0) is 16.1 Å². The lowest BCUT2D eigenvalue weighted by molar-refractivity contribution is -0.134. The van der Waals surface area contributed by atoms with Crippen LogP contribution in [-0.4, -0.2) is 57.1 Å². The molecule has 0 radical (unpaired) electrons. The monoisotopic (exact) mass is 276 g/mol. The molecule has 2 aliphatic heterocycles. The lowest BCUT2D eigenvalue weighted by Crippen LogP contribution is -2.43. The molecule has 0 spiro atoms. The average Bonchev–Trinajstić information content (AvgIpc) is 3.03. The highest BCUT2D eigenvalue weighted by Gasteiger charge is 2.41. The number of likely N-dealkylation sites (tertiary alicyclic amines) is 1. The van der Waals surface area contributed by atoms with Crippen molar-refractivity contribution in [3.63, 3.8) is 0 Å². The van der Waals surface area contributed by atoms with Crippen LogP contribution in [0.1, 0.15) is 25.7 Å². The highest BCUT2D eigenvalue weighted by molar-refractivity contribution is 5.81. The van der Waals surface area contributed by atoms with Crippen molar-refractivity contribution >= 4 is 11.8 Å². The van der Waals surface area contributed by atoms with Crippen LogP contribution in [0.25, 0.3) is 0 Å². The number of amides is 2. The van der Waals surface area contributed by atoms with Gasteiger partial charge in [0.1, 0.15) is 0 Å². The minimum absolute atomic E-state index is 0.0996. The normalized spacial score (nSPS) is 25.9. The van der Waals surface area contributed by atoms with Crippen molar-refractivity contribution in [3.8, 4) is 0 Å². The largest absolute Gasteiger partial charge is 0.344 e. The Kier molecular flexibility index (Phi) is 3.46. The predicted molar refractivity (Wildman–Crippen MR) is 72.8 cm³/mol. The quantitative estimate of drug-likeness (QED) is 0.807. The second-order valence-corrected chi connectivity index (χ2v) is 5.68. The Morgan fingerprint density at radius 1 is 1.40 bits per heavy atom. The number of aryl methyl sites for hydroxylation is 1. The van der Waals surface area contributed by atoms with E-state index in [1.807, 2.05) is 24.2 Å². The van der Waals surface area contributed by atoms with E-state index in [2.05, 4.69) is 5.10 Å². The van der Waals surface area contributed by atoms with Crippen LogP contribution < -0.4 is 0 Å². The molecular formula is C14H20N4O2. The first-order valence-corrected chi connectivity index (χ1v) is 7.17. The van der Waals surface area contributed by atoms with E-state index in [1.165, 1.54) is 0 Å². The zero-order valence-electron chi connectivity index (χ0n) is 11.7. The number of carbonyl (C=O) groups excluding carboxylic acids is 2. The molecule has 1 aromatic heterocycles. The Hall–Kier alpha value is -1.85. The number of fused-ring (bicyclic) bond motifs is 2. The van der Waals surface area contributed by atoms with Gasteiger partial charge in [0.15, 0.2) is 0 Å². The number of hydrogen-bond acceptors (Lipinski definition) is 3. The van der Waals surface area contributed by atoms with Gasteiger partial charge in [0.25, 0.3) is 0 Å². The van der Waals surface area contributed by atoms with Gasteiger partial charge in [-0.3, -0.25) is 14.3 Å². The summed E-state index contributed by atoms with van der Waals surface area (Å²) in [6.07, 6.45) is 6.47. The van der Waals surface area contributed by atoms with Gasteiger partial charge in [-0.25, -0.2) is 0 Å². The molecule has 2 amide bonds. The van der Waals surface area contributed by atoms with Gasteiger partial charge in [0.2, 0.25) is 11.8 Å². The fourth-order valence-electron chi connectivity index (χ4n) is 3.30. The summed E-state index contributed by atoms with van der Waals surface area (Å²) in [6.45, 7) is 1.27. The van der Waals surface area contributed by atoms with Crippen LogP contribution >= 0.6 is 0 Å². The number of hydrogen-bond donors (Lipinski definition) is 0. The van der Waals surface area contributed by atoms with E-state index in [-0.39, 0.29) is 23.9 Å². The standard InChI is InChI=1S/C14H20N4O2/c1-16-10-12-4-3-11(9-14(16)20)18(12)13(19)5-8-17-7-2-6-15-17/h2,6-7,11-12H,3-5,8-10H2,1H3/t11-,12+/m1/s1. The summed E-state index contributed by atoms with van der Waals surface area (Å²) in [5, 5.41) is 4.11. The molecule has 0 saturated carbocycles. The van der Waals surface area contributed by atoms with Crippen molar-refractivity contribution in [1.29, 1.82) is 0 Å². The first-order valence-electron chi connectivity index (χ1n) is 7.17. The van der Waals surface area contributed by atoms with Crippen molar-refractivity contribution in [2.45, 2.75) is 44.3 Å². The van der Waals surface area contributed by atoms with E-state index in [0.29, 0.717) is 25.9 Å². The SMILES string of the molecule is CN1C[C@@H]2CC[C@H](CC1=O)N2C(=O)CCn1cccn1. The minimum atomic E-state index is 0.0996. The van der Waals surface area contributed by atoms with Crippen LogP contribution in [0.15, 0.2) is 18.5 Å². The fourth-order valence-corrected chi connectivity index (χ4v) is 3.30. The third kappa shape index (κ3) is 2.42. The summed E-state index contributed by atoms with van der Waals surface area (Å²) >= 11 is 0. The zero-order valence-corrected chi connectivity index (χ0v) is 11.7. The molecule has 6 nitrogen and oxygen atoms in total. The van der Waals surface area contributed by atoms with Crippen LogP contribution in [0.4, 0.5) is 0 Å². The van der Waals surface area contributed by atoms with Gasteiger partial charge < -0.3 is 9.80 Å². The van der Waals surface area contributed by atoms with Crippen molar-refractivity contribution in [2.75, 3.05) is 13.6 Å². The summed E-state index contributed by atoms with van der Waals surface area (Å²) in [6, 6.07) is 2.15. The molecule has 0 aromatic carbocycles. The smallest absolute Gasteiger partial charge is 0.225 e. The highest BCUT2D eigenvalue weighted by atomic mass is 16.2. The van der Waals surface area contributed by atoms with E-state index >= 15 is 0 Å².